The molecular weight excluding hydrogens is 538 g/mol. The van der Waals surface area contributed by atoms with Gasteiger partial charge < -0.3 is 14.6 Å². The SMILES string of the molecule is C#CCN(C(=O)OCOC(=O)CCC[C@H]1CCC2[C@@H]3C[C@H](O)[C@@H]4CCCC[C@]4(C)[C@H]3CC[C@@]21C)[C@@H]1CCc2ccccc21. The Bertz CT molecular complexity index is 1220. The number of benzene rings is 1. The lowest BCUT2D eigenvalue weighted by atomic mass is 9.44. The van der Waals surface area contributed by atoms with E-state index >= 15 is 0 Å². The molecule has 1 amide bonds. The minimum atomic E-state index is -0.547. The molecule has 0 saturated heterocycles. The van der Waals surface area contributed by atoms with Crippen molar-refractivity contribution in [2.75, 3.05) is 13.3 Å². The van der Waals surface area contributed by atoms with E-state index in [9.17, 15) is 14.7 Å². The number of aliphatic hydroxyl groups is 1. The monoisotopic (exact) mass is 589 g/mol. The Hall–Kier alpha value is -2.52. The Balaban J connectivity index is 0.963. The molecule has 0 aliphatic heterocycles. The number of esters is 1. The van der Waals surface area contributed by atoms with E-state index in [1.54, 1.807) is 4.90 Å². The third kappa shape index (κ3) is 5.60. The van der Waals surface area contributed by atoms with Gasteiger partial charge in [0.05, 0.1) is 18.7 Å². The summed E-state index contributed by atoms with van der Waals surface area (Å²) in [5, 5.41) is 11.2. The second kappa shape index (κ2) is 12.5. The van der Waals surface area contributed by atoms with Crippen molar-refractivity contribution in [2.24, 2.45) is 40.4 Å². The lowest BCUT2D eigenvalue weighted by Crippen LogP contribution is -2.56. The molecule has 0 heterocycles. The molecule has 4 fully saturated rings. The topological polar surface area (TPSA) is 76.1 Å². The molecule has 1 aromatic rings. The number of carbonyl (C=O) groups excluding carboxylic acids is 2. The highest BCUT2D eigenvalue weighted by Gasteiger charge is 2.61. The number of aryl methyl sites for hydroxylation is 1. The number of carbonyl (C=O) groups is 2. The van der Waals surface area contributed by atoms with Crippen LogP contribution in [0.5, 0.6) is 0 Å². The van der Waals surface area contributed by atoms with Crippen molar-refractivity contribution in [3.05, 3.63) is 35.4 Å². The molecule has 43 heavy (non-hydrogen) atoms. The molecule has 5 aliphatic rings. The summed E-state index contributed by atoms with van der Waals surface area (Å²) in [6.45, 7) is 4.78. The lowest BCUT2D eigenvalue weighted by molar-refractivity contribution is -0.158. The number of amides is 1. The summed E-state index contributed by atoms with van der Waals surface area (Å²) in [6.07, 6.45) is 19.9. The van der Waals surface area contributed by atoms with Crippen LogP contribution < -0.4 is 0 Å². The van der Waals surface area contributed by atoms with Crippen LogP contribution in [0, 0.1) is 52.8 Å². The van der Waals surface area contributed by atoms with Crippen LogP contribution in [-0.2, 0) is 20.7 Å². The first-order valence-electron chi connectivity index (χ1n) is 17.0. The second-order valence-corrected chi connectivity index (χ2v) is 14.9. The van der Waals surface area contributed by atoms with E-state index < -0.39 is 6.09 Å². The molecule has 234 valence electrons. The van der Waals surface area contributed by atoms with Crippen molar-refractivity contribution in [2.45, 2.75) is 116 Å². The maximum atomic E-state index is 12.9. The zero-order valence-electron chi connectivity index (χ0n) is 26.3. The standard InChI is InChI=1S/C37H51NO5/c1-4-22-38(32-18-15-25-10-5-6-12-27(25)32)35(41)43-24-42-34(40)14-9-11-26-16-17-29-28-23-33(39)31-13-7-8-20-37(31,3)30(28)19-21-36(26,29)2/h1,5-6,10,12,26,28-33,39H,7-9,11,13-24H2,2-3H3/t26-,28-,29?,30-,31-,32+,33-,36+,37+/m0/s1. The van der Waals surface area contributed by atoms with Gasteiger partial charge in [-0.1, -0.05) is 56.9 Å². The van der Waals surface area contributed by atoms with Crippen LogP contribution in [0.15, 0.2) is 24.3 Å². The van der Waals surface area contributed by atoms with Gasteiger partial charge in [0.2, 0.25) is 6.79 Å². The summed E-state index contributed by atoms with van der Waals surface area (Å²) >= 11 is 0. The van der Waals surface area contributed by atoms with Gasteiger partial charge in [-0.3, -0.25) is 9.69 Å². The highest BCUT2D eigenvalue weighted by molar-refractivity contribution is 5.71. The van der Waals surface area contributed by atoms with Crippen molar-refractivity contribution >= 4 is 12.1 Å². The zero-order chi connectivity index (χ0) is 30.2. The van der Waals surface area contributed by atoms with Crippen LogP contribution in [0.4, 0.5) is 4.79 Å². The second-order valence-electron chi connectivity index (χ2n) is 14.9. The van der Waals surface area contributed by atoms with Gasteiger partial charge in [-0.15, -0.1) is 6.42 Å². The predicted octanol–water partition coefficient (Wildman–Crippen LogP) is 7.44. The van der Waals surface area contributed by atoms with Crippen LogP contribution in [0.25, 0.3) is 0 Å². The van der Waals surface area contributed by atoms with E-state index in [-0.39, 0.29) is 31.5 Å². The number of hydrogen-bond acceptors (Lipinski definition) is 5. The predicted molar refractivity (Wildman–Crippen MR) is 166 cm³/mol. The van der Waals surface area contributed by atoms with Gasteiger partial charge in [0.25, 0.3) is 0 Å². The van der Waals surface area contributed by atoms with Gasteiger partial charge in [-0.2, -0.15) is 0 Å². The van der Waals surface area contributed by atoms with E-state index in [0.717, 1.165) is 43.6 Å². The number of rotatable bonds is 8. The van der Waals surface area contributed by atoms with Crippen molar-refractivity contribution in [3.8, 4) is 12.3 Å². The zero-order valence-corrected chi connectivity index (χ0v) is 26.3. The van der Waals surface area contributed by atoms with E-state index in [4.69, 9.17) is 15.9 Å². The molecule has 0 aromatic heterocycles. The summed E-state index contributed by atoms with van der Waals surface area (Å²) in [5.74, 6) is 5.45. The third-order valence-electron chi connectivity index (χ3n) is 13.1. The van der Waals surface area contributed by atoms with Crippen molar-refractivity contribution in [1.82, 2.24) is 4.90 Å². The van der Waals surface area contributed by atoms with E-state index in [2.05, 4.69) is 25.8 Å². The first kappa shape index (κ1) is 30.5. The van der Waals surface area contributed by atoms with Crippen LogP contribution >= 0.6 is 0 Å². The molecule has 1 N–H and O–H groups in total. The molecule has 9 atom stereocenters. The quantitative estimate of drug-likeness (QED) is 0.194. The van der Waals surface area contributed by atoms with Crippen LogP contribution in [0.2, 0.25) is 0 Å². The molecule has 5 aliphatic carbocycles. The Morgan fingerprint density at radius 1 is 1.00 bits per heavy atom. The number of fused-ring (bicyclic) bond motifs is 6. The largest absolute Gasteiger partial charge is 0.428 e. The summed E-state index contributed by atoms with van der Waals surface area (Å²) in [4.78, 5) is 27.0. The van der Waals surface area contributed by atoms with E-state index in [1.165, 1.54) is 56.9 Å². The smallest absolute Gasteiger partial charge is 0.413 e. The Labute approximate surface area is 258 Å². The summed E-state index contributed by atoms with van der Waals surface area (Å²) in [5.41, 5.74) is 2.95. The number of terminal acetylenes is 1. The molecule has 1 aromatic carbocycles. The average molecular weight is 590 g/mol. The fourth-order valence-corrected chi connectivity index (χ4v) is 11.0. The molecular formula is C37H51NO5. The summed E-state index contributed by atoms with van der Waals surface area (Å²) in [7, 11) is 0. The molecule has 0 radical (unpaired) electrons. The molecule has 6 heteroatoms. The number of ether oxygens (including phenoxy) is 2. The molecule has 0 bridgehead atoms. The third-order valence-corrected chi connectivity index (χ3v) is 13.1. The van der Waals surface area contributed by atoms with E-state index in [1.807, 2.05) is 18.2 Å². The Morgan fingerprint density at radius 2 is 1.81 bits per heavy atom. The fourth-order valence-electron chi connectivity index (χ4n) is 11.0. The molecule has 4 saturated carbocycles. The first-order chi connectivity index (χ1) is 20.8. The summed E-state index contributed by atoms with van der Waals surface area (Å²) in [6, 6.07) is 7.98. The normalized spacial score (nSPS) is 37.7. The van der Waals surface area contributed by atoms with Gasteiger partial charge in [0.15, 0.2) is 0 Å². The van der Waals surface area contributed by atoms with Crippen molar-refractivity contribution in [3.63, 3.8) is 0 Å². The minimum Gasteiger partial charge on any atom is -0.428 e. The molecule has 6 nitrogen and oxygen atoms in total. The van der Waals surface area contributed by atoms with Crippen LogP contribution in [0.3, 0.4) is 0 Å². The maximum Gasteiger partial charge on any atom is 0.413 e. The van der Waals surface area contributed by atoms with Crippen molar-refractivity contribution < 1.29 is 24.2 Å². The van der Waals surface area contributed by atoms with E-state index in [0.29, 0.717) is 40.9 Å². The number of aliphatic hydroxyl groups excluding tert-OH is 1. The Morgan fingerprint density at radius 3 is 2.65 bits per heavy atom. The highest BCUT2D eigenvalue weighted by atomic mass is 16.7. The van der Waals surface area contributed by atoms with Crippen LogP contribution in [0.1, 0.15) is 114 Å². The number of hydrogen-bond donors (Lipinski definition) is 1. The molecule has 1 unspecified atom stereocenters. The summed E-state index contributed by atoms with van der Waals surface area (Å²) < 4.78 is 10.7. The van der Waals surface area contributed by atoms with Gasteiger partial charge in [0.1, 0.15) is 0 Å². The van der Waals surface area contributed by atoms with Gasteiger partial charge in [0, 0.05) is 6.42 Å². The van der Waals surface area contributed by atoms with Gasteiger partial charge >= 0.3 is 12.1 Å². The first-order valence-corrected chi connectivity index (χ1v) is 17.0. The highest BCUT2D eigenvalue weighted by Crippen LogP contribution is 2.67. The number of nitrogens with zero attached hydrogens (tertiary/aromatic N) is 1. The van der Waals surface area contributed by atoms with Gasteiger partial charge in [-0.05, 0) is 122 Å². The average Bonchev–Trinajstić information content (AvgIpc) is 3.57. The van der Waals surface area contributed by atoms with Crippen LogP contribution in [-0.4, -0.2) is 41.5 Å². The fraction of sp³-hybridized carbons (Fsp3) is 0.730. The molecule has 0 spiro atoms. The molecule has 6 rings (SSSR count). The lowest BCUT2D eigenvalue weighted by Gasteiger charge is -2.61. The van der Waals surface area contributed by atoms with Gasteiger partial charge in [-0.25, -0.2) is 4.79 Å². The van der Waals surface area contributed by atoms with Crippen molar-refractivity contribution in [1.29, 1.82) is 0 Å². The maximum absolute atomic E-state index is 12.9. The minimum absolute atomic E-state index is 0.119. The Kier molecular flexibility index (Phi) is 8.84.